The average Bonchev–Trinajstić information content (AvgIpc) is 3.13. The van der Waals surface area contributed by atoms with E-state index < -0.39 is 0 Å². The lowest BCUT2D eigenvalue weighted by atomic mass is 9.96. The molecule has 1 heterocycles. The standard InChI is InChI=1S/C18H24N4O2S2/c1-24-15-9-7-13(8-10-15)11-19-16(23)12-25-18-22-21-17(26-18)20-14-5-3-2-4-6-14/h7-10,14H,2-6,11-12H2,1H3,(H,19,23)(H,20,21). The number of nitrogens with zero attached hydrogens (tertiary/aromatic N) is 2. The molecular weight excluding hydrogens is 368 g/mol. The van der Waals surface area contributed by atoms with Gasteiger partial charge in [0.2, 0.25) is 11.0 Å². The lowest BCUT2D eigenvalue weighted by molar-refractivity contribution is -0.118. The molecule has 2 N–H and O–H groups in total. The maximum atomic E-state index is 12.0. The second-order valence-corrected chi connectivity index (χ2v) is 8.47. The van der Waals surface area contributed by atoms with Crippen molar-refractivity contribution in [1.82, 2.24) is 15.5 Å². The molecular formula is C18H24N4O2S2. The van der Waals surface area contributed by atoms with Crippen molar-refractivity contribution in [3.8, 4) is 5.75 Å². The van der Waals surface area contributed by atoms with Crippen LogP contribution in [0.1, 0.15) is 37.7 Å². The van der Waals surface area contributed by atoms with E-state index in [2.05, 4.69) is 20.8 Å². The molecule has 1 saturated carbocycles. The Hall–Kier alpha value is -1.80. The number of thioether (sulfide) groups is 1. The first-order chi connectivity index (χ1) is 12.7. The topological polar surface area (TPSA) is 76.1 Å². The lowest BCUT2D eigenvalue weighted by Crippen LogP contribution is -2.24. The SMILES string of the molecule is COc1ccc(CNC(=O)CSc2nnc(NC3CCCCC3)s2)cc1. The van der Waals surface area contributed by atoms with Crippen molar-refractivity contribution in [1.29, 1.82) is 0 Å². The van der Waals surface area contributed by atoms with E-state index in [9.17, 15) is 4.79 Å². The van der Waals surface area contributed by atoms with Crippen molar-refractivity contribution in [3.05, 3.63) is 29.8 Å². The van der Waals surface area contributed by atoms with Gasteiger partial charge >= 0.3 is 0 Å². The number of methoxy groups -OCH3 is 1. The average molecular weight is 393 g/mol. The van der Waals surface area contributed by atoms with Gasteiger partial charge in [-0.25, -0.2) is 0 Å². The fraction of sp³-hybridized carbons (Fsp3) is 0.500. The quantitative estimate of drug-likeness (QED) is 0.667. The Morgan fingerprint density at radius 1 is 1.23 bits per heavy atom. The largest absolute Gasteiger partial charge is 0.497 e. The van der Waals surface area contributed by atoms with E-state index in [1.165, 1.54) is 55.2 Å². The van der Waals surface area contributed by atoms with Crippen molar-refractivity contribution in [2.75, 3.05) is 18.2 Å². The van der Waals surface area contributed by atoms with Crippen molar-refractivity contribution < 1.29 is 9.53 Å². The fourth-order valence-electron chi connectivity index (χ4n) is 2.87. The maximum absolute atomic E-state index is 12.0. The molecule has 0 saturated heterocycles. The van der Waals surface area contributed by atoms with Crippen LogP contribution in [0.15, 0.2) is 28.6 Å². The number of ether oxygens (including phenoxy) is 1. The Balaban J connectivity index is 1.38. The van der Waals surface area contributed by atoms with Gasteiger partial charge in [0, 0.05) is 12.6 Å². The zero-order chi connectivity index (χ0) is 18.2. The number of anilines is 1. The zero-order valence-corrected chi connectivity index (χ0v) is 16.5. The van der Waals surface area contributed by atoms with Crippen LogP contribution in [0.3, 0.4) is 0 Å². The maximum Gasteiger partial charge on any atom is 0.230 e. The van der Waals surface area contributed by atoms with Crippen LogP contribution in [0.2, 0.25) is 0 Å². The molecule has 0 radical (unpaired) electrons. The predicted octanol–water partition coefficient (Wildman–Crippen LogP) is 3.70. The van der Waals surface area contributed by atoms with Crippen LogP contribution in [-0.2, 0) is 11.3 Å². The molecule has 1 aromatic heterocycles. The van der Waals surface area contributed by atoms with Gasteiger partial charge in [0.25, 0.3) is 0 Å². The van der Waals surface area contributed by atoms with E-state index in [1.54, 1.807) is 7.11 Å². The molecule has 6 nitrogen and oxygen atoms in total. The van der Waals surface area contributed by atoms with Gasteiger partial charge in [-0.15, -0.1) is 10.2 Å². The van der Waals surface area contributed by atoms with Crippen LogP contribution in [0.4, 0.5) is 5.13 Å². The normalized spacial score (nSPS) is 14.8. The van der Waals surface area contributed by atoms with E-state index >= 15 is 0 Å². The van der Waals surface area contributed by atoms with Crippen LogP contribution in [0.25, 0.3) is 0 Å². The minimum atomic E-state index is -0.0113. The summed E-state index contributed by atoms with van der Waals surface area (Å²) in [4.78, 5) is 12.0. The van der Waals surface area contributed by atoms with Gasteiger partial charge in [-0.1, -0.05) is 54.5 Å². The molecule has 8 heteroatoms. The van der Waals surface area contributed by atoms with E-state index in [1.807, 2.05) is 24.3 Å². The molecule has 26 heavy (non-hydrogen) atoms. The monoisotopic (exact) mass is 392 g/mol. The molecule has 0 atom stereocenters. The van der Waals surface area contributed by atoms with Crippen molar-refractivity contribution in [2.45, 2.75) is 49.0 Å². The third-order valence-corrected chi connectivity index (χ3v) is 6.30. The highest BCUT2D eigenvalue weighted by molar-refractivity contribution is 8.01. The first-order valence-corrected chi connectivity index (χ1v) is 10.7. The summed E-state index contributed by atoms with van der Waals surface area (Å²) < 4.78 is 5.95. The molecule has 1 aromatic carbocycles. The van der Waals surface area contributed by atoms with Crippen LogP contribution < -0.4 is 15.4 Å². The molecule has 0 spiro atoms. The number of nitrogens with one attached hydrogen (secondary N) is 2. The Bertz CT molecular complexity index is 699. The van der Waals surface area contributed by atoms with Crippen molar-refractivity contribution >= 4 is 34.1 Å². The number of aromatic nitrogens is 2. The number of carbonyl (C=O) groups excluding carboxylic acids is 1. The van der Waals surface area contributed by atoms with Crippen molar-refractivity contribution in [2.24, 2.45) is 0 Å². The van der Waals surface area contributed by atoms with Gasteiger partial charge in [0.05, 0.1) is 12.9 Å². The first-order valence-electron chi connectivity index (χ1n) is 8.85. The van der Waals surface area contributed by atoms with Gasteiger partial charge in [-0.2, -0.15) is 0 Å². The van der Waals surface area contributed by atoms with E-state index in [0.717, 1.165) is 20.8 Å². The molecule has 0 bridgehead atoms. The Kier molecular flexibility index (Phi) is 7.13. The molecule has 1 amide bonds. The Labute approximate surface area is 162 Å². The molecule has 1 fully saturated rings. The number of hydrogen-bond donors (Lipinski definition) is 2. The number of amides is 1. The van der Waals surface area contributed by atoms with Gasteiger partial charge < -0.3 is 15.4 Å². The van der Waals surface area contributed by atoms with Crippen LogP contribution in [0.5, 0.6) is 5.75 Å². The Morgan fingerprint density at radius 2 is 2.00 bits per heavy atom. The number of rotatable bonds is 8. The van der Waals surface area contributed by atoms with Gasteiger partial charge in [0.15, 0.2) is 4.34 Å². The van der Waals surface area contributed by atoms with Crippen molar-refractivity contribution in [3.63, 3.8) is 0 Å². The zero-order valence-electron chi connectivity index (χ0n) is 14.9. The van der Waals surface area contributed by atoms with Crippen LogP contribution in [0, 0.1) is 0 Å². The number of hydrogen-bond acceptors (Lipinski definition) is 7. The molecule has 1 aliphatic carbocycles. The highest BCUT2D eigenvalue weighted by Gasteiger charge is 2.15. The summed E-state index contributed by atoms with van der Waals surface area (Å²) in [5.41, 5.74) is 1.04. The Morgan fingerprint density at radius 3 is 2.73 bits per heavy atom. The van der Waals surface area contributed by atoms with E-state index in [0.29, 0.717) is 18.3 Å². The molecule has 0 unspecified atom stereocenters. The summed E-state index contributed by atoms with van der Waals surface area (Å²) >= 11 is 2.95. The molecule has 0 aliphatic heterocycles. The van der Waals surface area contributed by atoms with Gasteiger partial charge in [-0.05, 0) is 30.5 Å². The second-order valence-electron chi connectivity index (χ2n) is 6.27. The molecule has 3 rings (SSSR count). The number of carbonyl (C=O) groups is 1. The summed E-state index contributed by atoms with van der Waals surface area (Å²) in [5, 5.41) is 15.6. The van der Waals surface area contributed by atoms with Crippen LogP contribution >= 0.6 is 23.1 Å². The molecule has 140 valence electrons. The lowest BCUT2D eigenvalue weighted by Gasteiger charge is -2.21. The summed E-state index contributed by atoms with van der Waals surface area (Å²) in [7, 11) is 1.64. The highest BCUT2D eigenvalue weighted by atomic mass is 32.2. The fourth-order valence-corrected chi connectivity index (χ4v) is 4.53. The minimum Gasteiger partial charge on any atom is -0.497 e. The summed E-state index contributed by atoms with van der Waals surface area (Å²) in [6.45, 7) is 0.508. The molecule has 2 aromatic rings. The molecule has 1 aliphatic rings. The minimum absolute atomic E-state index is 0.0113. The van der Waals surface area contributed by atoms with Crippen LogP contribution in [-0.4, -0.2) is 35.0 Å². The predicted molar refractivity (Wildman–Crippen MR) is 106 cm³/mol. The third-order valence-electron chi connectivity index (χ3n) is 4.31. The summed E-state index contributed by atoms with van der Waals surface area (Å²) in [5.74, 6) is 1.14. The second kappa shape index (κ2) is 9.78. The first kappa shape index (κ1) is 19.0. The highest BCUT2D eigenvalue weighted by Crippen LogP contribution is 2.28. The van der Waals surface area contributed by atoms with E-state index in [-0.39, 0.29) is 5.91 Å². The van der Waals surface area contributed by atoms with Gasteiger partial charge in [-0.3, -0.25) is 4.79 Å². The smallest absolute Gasteiger partial charge is 0.230 e. The summed E-state index contributed by atoms with van der Waals surface area (Å²) in [6, 6.07) is 8.18. The summed E-state index contributed by atoms with van der Waals surface area (Å²) in [6.07, 6.45) is 6.31. The number of benzene rings is 1. The van der Waals surface area contributed by atoms with Gasteiger partial charge in [0.1, 0.15) is 5.75 Å². The van der Waals surface area contributed by atoms with E-state index in [4.69, 9.17) is 4.74 Å². The third kappa shape index (κ3) is 5.88.